The lowest BCUT2D eigenvalue weighted by Crippen LogP contribution is -2.14. The third-order valence-electron chi connectivity index (χ3n) is 4.15. The minimum absolute atomic E-state index is 0.723. The van der Waals surface area contributed by atoms with Crippen molar-refractivity contribution in [2.75, 3.05) is 0 Å². The van der Waals surface area contributed by atoms with Gasteiger partial charge in [-0.3, -0.25) is 4.98 Å². The first-order chi connectivity index (χ1) is 8.34. The number of hydrogen-bond acceptors (Lipinski definition) is 1. The van der Waals surface area contributed by atoms with Gasteiger partial charge in [0.1, 0.15) is 0 Å². The topological polar surface area (TPSA) is 12.9 Å². The maximum Gasteiger partial charge on any atom is 0.0702 e. The standard InChI is InChI=1S/C16H19N/c1-12-6-2-4-8-15(12)14-10-13-7-3-5-9-16(13)17-11-14/h3,5,7,9-12,15H,2,4,6,8H2,1H3. The first-order valence-corrected chi connectivity index (χ1v) is 6.69. The van der Waals surface area contributed by atoms with E-state index >= 15 is 0 Å². The molecule has 2 unspecified atom stereocenters. The third kappa shape index (κ3) is 2.06. The zero-order chi connectivity index (χ0) is 11.7. The molecule has 0 amide bonds. The highest BCUT2D eigenvalue weighted by Crippen LogP contribution is 2.37. The highest BCUT2D eigenvalue weighted by molar-refractivity contribution is 5.78. The maximum absolute atomic E-state index is 4.59. The van der Waals surface area contributed by atoms with Gasteiger partial charge in [0, 0.05) is 11.6 Å². The summed E-state index contributed by atoms with van der Waals surface area (Å²) in [4.78, 5) is 4.59. The van der Waals surface area contributed by atoms with Crippen LogP contribution < -0.4 is 0 Å². The summed E-state index contributed by atoms with van der Waals surface area (Å²) >= 11 is 0. The number of aromatic nitrogens is 1. The van der Waals surface area contributed by atoms with Crippen LogP contribution in [0.3, 0.4) is 0 Å². The van der Waals surface area contributed by atoms with Crippen molar-refractivity contribution >= 4 is 10.9 Å². The SMILES string of the molecule is CC1CCCCC1c1cnc2ccccc2c1. The van der Waals surface area contributed by atoms with E-state index in [1.165, 1.54) is 36.6 Å². The average molecular weight is 225 g/mol. The first kappa shape index (κ1) is 10.8. The summed E-state index contributed by atoms with van der Waals surface area (Å²) < 4.78 is 0. The van der Waals surface area contributed by atoms with Crippen molar-refractivity contribution in [2.24, 2.45) is 5.92 Å². The van der Waals surface area contributed by atoms with Crippen LogP contribution >= 0.6 is 0 Å². The molecule has 0 spiro atoms. The van der Waals surface area contributed by atoms with Crippen LogP contribution in [-0.2, 0) is 0 Å². The Morgan fingerprint density at radius 2 is 1.94 bits per heavy atom. The third-order valence-corrected chi connectivity index (χ3v) is 4.15. The van der Waals surface area contributed by atoms with E-state index in [0.29, 0.717) is 0 Å². The minimum Gasteiger partial charge on any atom is -0.256 e. The Morgan fingerprint density at radius 3 is 2.82 bits per heavy atom. The number of nitrogens with zero attached hydrogens (tertiary/aromatic N) is 1. The molecule has 88 valence electrons. The van der Waals surface area contributed by atoms with Gasteiger partial charge in [0.25, 0.3) is 0 Å². The number of fused-ring (bicyclic) bond motifs is 1. The zero-order valence-corrected chi connectivity index (χ0v) is 10.4. The molecule has 0 N–H and O–H groups in total. The van der Waals surface area contributed by atoms with Crippen molar-refractivity contribution < 1.29 is 0 Å². The van der Waals surface area contributed by atoms with E-state index in [0.717, 1.165) is 17.4 Å². The largest absolute Gasteiger partial charge is 0.256 e. The summed E-state index contributed by atoms with van der Waals surface area (Å²) in [6.07, 6.45) is 7.58. The van der Waals surface area contributed by atoms with Crippen molar-refractivity contribution in [3.63, 3.8) is 0 Å². The van der Waals surface area contributed by atoms with Gasteiger partial charge in [-0.2, -0.15) is 0 Å². The minimum atomic E-state index is 0.723. The molecule has 1 nitrogen and oxygen atoms in total. The molecule has 17 heavy (non-hydrogen) atoms. The fourth-order valence-corrected chi connectivity index (χ4v) is 3.10. The van der Waals surface area contributed by atoms with E-state index in [1.54, 1.807) is 0 Å². The van der Waals surface area contributed by atoms with E-state index in [1.807, 2.05) is 0 Å². The number of hydrogen-bond donors (Lipinski definition) is 0. The maximum atomic E-state index is 4.59. The molecule has 1 saturated carbocycles. The quantitative estimate of drug-likeness (QED) is 0.695. The second-order valence-electron chi connectivity index (χ2n) is 5.33. The van der Waals surface area contributed by atoms with Crippen molar-refractivity contribution in [2.45, 2.75) is 38.5 Å². The van der Waals surface area contributed by atoms with E-state index in [9.17, 15) is 0 Å². The number of rotatable bonds is 1. The second kappa shape index (κ2) is 4.48. The van der Waals surface area contributed by atoms with Gasteiger partial charge in [-0.05, 0) is 36.0 Å². The van der Waals surface area contributed by atoms with Crippen molar-refractivity contribution in [3.8, 4) is 0 Å². The van der Waals surface area contributed by atoms with Crippen LogP contribution in [0.1, 0.15) is 44.1 Å². The first-order valence-electron chi connectivity index (χ1n) is 6.69. The summed E-state index contributed by atoms with van der Waals surface area (Å²) in [5, 5.41) is 1.28. The Hall–Kier alpha value is -1.37. The Kier molecular flexibility index (Phi) is 2.84. The van der Waals surface area contributed by atoms with Gasteiger partial charge in [0.05, 0.1) is 5.52 Å². The smallest absolute Gasteiger partial charge is 0.0702 e. The molecule has 0 aliphatic heterocycles. The summed E-state index contributed by atoms with van der Waals surface area (Å²) in [6.45, 7) is 2.39. The lowest BCUT2D eigenvalue weighted by atomic mass is 9.77. The van der Waals surface area contributed by atoms with Crippen LogP contribution in [0.2, 0.25) is 0 Å². The summed E-state index contributed by atoms with van der Waals surface area (Å²) in [6, 6.07) is 10.7. The highest BCUT2D eigenvalue weighted by atomic mass is 14.7. The molecule has 1 aliphatic carbocycles. The molecule has 0 radical (unpaired) electrons. The second-order valence-corrected chi connectivity index (χ2v) is 5.33. The predicted molar refractivity (Wildman–Crippen MR) is 72.1 cm³/mol. The molecule has 2 atom stereocenters. The molecule has 1 aromatic heterocycles. The van der Waals surface area contributed by atoms with Gasteiger partial charge >= 0.3 is 0 Å². The van der Waals surface area contributed by atoms with Crippen molar-refractivity contribution in [3.05, 3.63) is 42.1 Å². The molecule has 1 aliphatic rings. The van der Waals surface area contributed by atoms with E-state index in [-0.39, 0.29) is 0 Å². The number of pyridine rings is 1. The average Bonchev–Trinajstić information content (AvgIpc) is 2.39. The van der Waals surface area contributed by atoms with Gasteiger partial charge in [-0.25, -0.2) is 0 Å². The van der Waals surface area contributed by atoms with Crippen LogP contribution in [0.4, 0.5) is 0 Å². The Balaban J connectivity index is 1.99. The fourth-order valence-electron chi connectivity index (χ4n) is 3.10. The lowest BCUT2D eigenvalue weighted by molar-refractivity contribution is 0.330. The van der Waals surface area contributed by atoms with Crippen LogP contribution in [0.5, 0.6) is 0 Å². The van der Waals surface area contributed by atoms with Crippen LogP contribution in [-0.4, -0.2) is 4.98 Å². The fraction of sp³-hybridized carbons (Fsp3) is 0.438. The van der Waals surface area contributed by atoms with Crippen molar-refractivity contribution in [1.29, 1.82) is 0 Å². The van der Waals surface area contributed by atoms with Crippen LogP contribution in [0.25, 0.3) is 10.9 Å². The number of benzene rings is 1. The monoisotopic (exact) mass is 225 g/mol. The molecule has 1 heteroatoms. The Labute approximate surface area is 103 Å². The van der Waals surface area contributed by atoms with Gasteiger partial charge < -0.3 is 0 Å². The molecule has 2 aromatic rings. The van der Waals surface area contributed by atoms with Crippen LogP contribution in [0, 0.1) is 5.92 Å². The molecule has 1 fully saturated rings. The lowest BCUT2D eigenvalue weighted by Gasteiger charge is -2.29. The van der Waals surface area contributed by atoms with Crippen molar-refractivity contribution in [1.82, 2.24) is 4.98 Å². The summed E-state index contributed by atoms with van der Waals surface area (Å²) in [5.74, 6) is 1.53. The molecule has 3 rings (SSSR count). The van der Waals surface area contributed by atoms with Gasteiger partial charge in [-0.15, -0.1) is 0 Å². The molecule has 0 bridgehead atoms. The van der Waals surface area contributed by atoms with Gasteiger partial charge in [-0.1, -0.05) is 44.4 Å². The summed E-state index contributed by atoms with van der Waals surface area (Å²) in [5.41, 5.74) is 2.55. The highest BCUT2D eigenvalue weighted by Gasteiger charge is 2.23. The van der Waals surface area contributed by atoms with E-state index in [2.05, 4.69) is 48.4 Å². The molecule has 0 saturated heterocycles. The van der Waals surface area contributed by atoms with Crippen LogP contribution in [0.15, 0.2) is 36.5 Å². The van der Waals surface area contributed by atoms with E-state index in [4.69, 9.17) is 0 Å². The molecular weight excluding hydrogens is 206 g/mol. The predicted octanol–water partition coefficient (Wildman–Crippen LogP) is 4.53. The Morgan fingerprint density at radius 1 is 1.12 bits per heavy atom. The molecule has 1 aromatic carbocycles. The van der Waals surface area contributed by atoms with E-state index < -0.39 is 0 Å². The zero-order valence-electron chi connectivity index (χ0n) is 10.4. The molecule has 1 heterocycles. The van der Waals surface area contributed by atoms with Gasteiger partial charge in [0.15, 0.2) is 0 Å². The number of para-hydroxylation sites is 1. The Bertz CT molecular complexity index is 518. The normalized spacial score (nSPS) is 25.0. The molecular formula is C16H19N. The summed E-state index contributed by atoms with van der Waals surface area (Å²) in [7, 11) is 0. The van der Waals surface area contributed by atoms with Gasteiger partial charge in [0.2, 0.25) is 0 Å².